The number of halogens is 1. The first-order valence-corrected chi connectivity index (χ1v) is 11.3. The molecule has 8 heteroatoms. The minimum absolute atomic E-state index is 0.0635. The molecule has 0 aliphatic carbocycles. The van der Waals surface area contributed by atoms with Crippen LogP contribution in [0.1, 0.15) is 0 Å². The second-order valence-electron chi connectivity index (χ2n) is 7.72. The second kappa shape index (κ2) is 7.96. The predicted octanol–water partition coefficient (Wildman–Crippen LogP) is 3.74. The van der Waals surface area contributed by atoms with Gasteiger partial charge in [-0.2, -0.15) is 0 Å². The maximum atomic E-state index is 12.9. The van der Waals surface area contributed by atoms with Crippen molar-refractivity contribution < 1.29 is 9.53 Å². The van der Waals surface area contributed by atoms with E-state index >= 15 is 0 Å². The summed E-state index contributed by atoms with van der Waals surface area (Å²) in [5.74, 6) is 1.15. The number of nitrogens with zero attached hydrogens (tertiary/aromatic N) is 4. The minimum Gasteiger partial charge on any atom is -0.497 e. The molecule has 1 aromatic heterocycles. The van der Waals surface area contributed by atoms with Gasteiger partial charge >= 0.3 is 0 Å². The monoisotopic (exact) mass is 442 g/mol. The van der Waals surface area contributed by atoms with Gasteiger partial charge in [0.2, 0.25) is 5.91 Å². The molecule has 5 rings (SSSR count). The number of carbonyl (C=O) groups excluding carboxylic acids is 1. The number of carbonyl (C=O) groups is 1. The number of hydrogen-bond donors (Lipinski definition) is 0. The van der Waals surface area contributed by atoms with Crippen LogP contribution in [0.5, 0.6) is 5.75 Å². The van der Waals surface area contributed by atoms with E-state index in [1.165, 1.54) is 0 Å². The van der Waals surface area contributed by atoms with Crippen molar-refractivity contribution in [1.82, 2.24) is 9.88 Å². The number of piperazine rings is 1. The normalized spacial score (nSPS) is 17.3. The van der Waals surface area contributed by atoms with Crippen LogP contribution in [0.3, 0.4) is 0 Å². The van der Waals surface area contributed by atoms with Gasteiger partial charge in [0, 0.05) is 56.0 Å². The lowest BCUT2D eigenvalue weighted by atomic mass is 9.99. The molecule has 1 amide bonds. The Hall–Kier alpha value is -2.51. The topological polar surface area (TPSA) is 48.9 Å². The van der Waals surface area contributed by atoms with Gasteiger partial charge in [-0.3, -0.25) is 4.79 Å². The molecular formula is C22H23ClN4O2S. The molecule has 2 aliphatic rings. The zero-order valence-electron chi connectivity index (χ0n) is 16.8. The highest BCUT2D eigenvalue weighted by Crippen LogP contribution is 2.35. The fourth-order valence-corrected chi connectivity index (χ4v) is 5.13. The zero-order valence-corrected chi connectivity index (χ0v) is 18.3. The Kier molecular flexibility index (Phi) is 5.16. The van der Waals surface area contributed by atoms with E-state index in [1.54, 1.807) is 18.4 Å². The summed E-state index contributed by atoms with van der Waals surface area (Å²) in [6.45, 7) is 4.71. The molecule has 0 spiro atoms. The van der Waals surface area contributed by atoms with Crippen LogP contribution >= 0.6 is 22.9 Å². The molecule has 3 heterocycles. The number of methoxy groups -OCH3 is 1. The Balaban J connectivity index is 1.16. The van der Waals surface area contributed by atoms with E-state index in [2.05, 4.69) is 9.80 Å². The van der Waals surface area contributed by atoms with Crippen LogP contribution in [-0.2, 0) is 4.79 Å². The Morgan fingerprint density at radius 2 is 1.80 bits per heavy atom. The first-order valence-electron chi connectivity index (χ1n) is 10.1. The van der Waals surface area contributed by atoms with Gasteiger partial charge in [-0.25, -0.2) is 4.98 Å². The molecule has 2 fully saturated rings. The van der Waals surface area contributed by atoms with Crippen molar-refractivity contribution in [3.63, 3.8) is 0 Å². The van der Waals surface area contributed by atoms with E-state index in [1.807, 2.05) is 47.4 Å². The zero-order chi connectivity index (χ0) is 20.7. The van der Waals surface area contributed by atoms with Crippen molar-refractivity contribution in [3.05, 3.63) is 47.5 Å². The number of anilines is 2. The van der Waals surface area contributed by atoms with E-state index in [0.717, 1.165) is 71.1 Å². The molecule has 0 N–H and O–H groups in total. The van der Waals surface area contributed by atoms with Gasteiger partial charge < -0.3 is 19.4 Å². The smallest absolute Gasteiger partial charge is 0.229 e. The lowest BCUT2D eigenvalue weighted by molar-refractivity contribution is -0.136. The molecule has 0 radical (unpaired) electrons. The van der Waals surface area contributed by atoms with Gasteiger partial charge in [-0.15, -0.1) is 0 Å². The van der Waals surface area contributed by atoms with Gasteiger partial charge in [0.25, 0.3) is 0 Å². The predicted molar refractivity (Wildman–Crippen MR) is 122 cm³/mol. The third kappa shape index (κ3) is 3.68. The largest absolute Gasteiger partial charge is 0.497 e. The second-order valence-corrected chi connectivity index (χ2v) is 9.17. The third-order valence-electron chi connectivity index (χ3n) is 5.87. The summed E-state index contributed by atoms with van der Waals surface area (Å²) < 4.78 is 6.42. The number of benzene rings is 2. The average Bonchev–Trinajstić information content (AvgIpc) is 3.15. The highest BCUT2D eigenvalue weighted by molar-refractivity contribution is 7.22. The van der Waals surface area contributed by atoms with Crippen LogP contribution in [0.4, 0.5) is 10.8 Å². The SMILES string of the molecule is COc1ccc2sc(N3CC(C(=O)N4CCN(c5ccc(Cl)cc5)CC4)C3)nc2c1. The van der Waals surface area contributed by atoms with Crippen LogP contribution in [0, 0.1) is 5.92 Å². The maximum absolute atomic E-state index is 12.9. The molecule has 30 heavy (non-hydrogen) atoms. The van der Waals surface area contributed by atoms with Gasteiger partial charge in [-0.1, -0.05) is 22.9 Å². The molecule has 0 unspecified atom stereocenters. The van der Waals surface area contributed by atoms with Crippen LogP contribution in [0.2, 0.25) is 5.02 Å². The lowest BCUT2D eigenvalue weighted by Gasteiger charge is -2.43. The van der Waals surface area contributed by atoms with E-state index < -0.39 is 0 Å². The van der Waals surface area contributed by atoms with E-state index in [9.17, 15) is 4.79 Å². The summed E-state index contributed by atoms with van der Waals surface area (Å²) in [6, 6.07) is 13.9. The number of rotatable bonds is 4. The average molecular weight is 443 g/mol. The van der Waals surface area contributed by atoms with Gasteiger partial charge in [0.05, 0.1) is 23.2 Å². The van der Waals surface area contributed by atoms with E-state index in [0.29, 0.717) is 0 Å². The number of hydrogen-bond acceptors (Lipinski definition) is 6. The minimum atomic E-state index is 0.0635. The van der Waals surface area contributed by atoms with Crippen LogP contribution in [-0.4, -0.2) is 62.2 Å². The summed E-state index contributed by atoms with van der Waals surface area (Å²) in [6.07, 6.45) is 0. The summed E-state index contributed by atoms with van der Waals surface area (Å²) in [7, 11) is 1.66. The summed E-state index contributed by atoms with van der Waals surface area (Å²) >= 11 is 7.65. The van der Waals surface area contributed by atoms with Crippen molar-refractivity contribution in [2.75, 3.05) is 56.2 Å². The lowest BCUT2D eigenvalue weighted by Crippen LogP contribution is -2.58. The first-order chi connectivity index (χ1) is 14.6. The fraction of sp³-hybridized carbons (Fsp3) is 0.364. The van der Waals surface area contributed by atoms with Crippen molar-refractivity contribution in [2.24, 2.45) is 5.92 Å². The molecule has 0 bridgehead atoms. The summed E-state index contributed by atoms with van der Waals surface area (Å²) in [4.78, 5) is 24.2. The Labute approximate surface area is 184 Å². The van der Waals surface area contributed by atoms with Crippen molar-refractivity contribution in [2.45, 2.75) is 0 Å². The van der Waals surface area contributed by atoms with E-state index in [-0.39, 0.29) is 11.8 Å². The molecule has 6 nitrogen and oxygen atoms in total. The van der Waals surface area contributed by atoms with Gasteiger partial charge in [0.15, 0.2) is 5.13 Å². The summed E-state index contributed by atoms with van der Waals surface area (Å²) in [5, 5.41) is 1.73. The quantitative estimate of drug-likeness (QED) is 0.616. The fourth-order valence-electron chi connectivity index (χ4n) is 4.04. The number of thiazole rings is 1. The highest BCUT2D eigenvalue weighted by atomic mass is 35.5. The Morgan fingerprint density at radius 3 is 2.50 bits per heavy atom. The summed E-state index contributed by atoms with van der Waals surface area (Å²) in [5.41, 5.74) is 2.11. The number of fused-ring (bicyclic) bond motifs is 1. The van der Waals surface area contributed by atoms with Crippen molar-refractivity contribution in [3.8, 4) is 5.75 Å². The van der Waals surface area contributed by atoms with Gasteiger partial charge in [-0.05, 0) is 36.4 Å². The maximum Gasteiger partial charge on any atom is 0.229 e. The van der Waals surface area contributed by atoms with Crippen molar-refractivity contribution >= 4 is 49.9 Å². The molecule has 156 valence electrons. The molecule has 2 saturated heterocycles. The standard InChI is InChI=1S/C22H23ClN4O2S/c1-29-18-6-7-20-19(12-18)24-22(30-20)27-13-15(14-27)21(28)26-10-8-25(9-11-26)17-4-2-16(23)3-5-17/h2-7,12,15H,8-11,13-14H2,1H3. The van der Waals surface area contributed by atoms with E-state index in [4.69, 9.17) is 21.3 Å². The molecule has 2 aliphatic heterocycles. The molecule has 2 aromatic carbocycles. The molecule has 0 atom stereocenters. The molecule has 3 aromatic rings. The highest BCUT2D eigenvalue weighted by Gasteiger charge is 2.37. The number of amides is 1. The Bertz CT molecular complexity index is 1060. The molecule has 0 saturated carbocycles. The third-order valence-corrected chi connectivity index (χ3v) is 7.22. The number of ether oxygens (including phenoxy) is 1. The van der Waals surface area contributed by atoms with Crippen LogP contribution < -0.4 is 14.5 Å². The van der Waals surface area contributed by atoms with Gasteiger partial charge in [0.1, 0.15) is 5.75 Å². The van der Waals surface area contributed by atoms with Crippen LogP contribution in [0.25, 0.3) is 10.2 Å². The Morgan fingerprint density at radius 1 is 1.07 bits per heavy atom. The van der Waals surface area contributed by atoms with Crippen molar-refractivity contribution in [1.29, 1.82) is 0 Å². The first kappa shape index (κ1) is 19.5. The van der Waals surface area contributed by atoms with Crippen LogP contribution in [0.15, 0.2) is 42.5 Å². The number of aromatic nitrogens is 1. The molecular weight excluding hydrogens is 420 g/mol.